The molecule has 2 aliphatic rings. The number of aromatic amines is 1. The largest absolute Gasteiger partial charge is 0.494 e. The zero-order valence-electron chi connectivity index (χ0n) is 22.5. The summed E-state index contributed by atoms with van der Waals surface area (Å²) >= 11 is 7.47. The Bertz CT molecular complexity index is 1710. The van der Waals surface area contributed by atoms with Crippen LogP contribution in [0, 0.1) is 0 Å². The van der Waals surface area contributed by atoms with Crippen molar-refractivity contribution < 1.29 is 23.4 Å². The molecule has 0 radical (unpaired) electrons. The van der Waals surface area contributed by atoms with Crippen LogP contribution in [-0.4, -0.2) is 80.0 Å². The van der Waals surface area contributed by atoms with E-state index < -0.39 is 16.1 Å². The summed E-state index contributed by atoms with van der Waals surface area (Å²) in [6.07, 6.45) is 0.302. The Morgan fingerprint density at radius 1 is 1.15 bits per heavy atom. The number of sulfonamides is 1. The van der Waals surface area contributed by atoms with Gasteiger partial charge in [-0.3, -0.25) is 9.36 Å². The van der Waals surface area contributed by atoms with Gasteiger partial charge in [0.25, 0.3) is 15.9 Å². The van der Waals surface area contributed by atoms with Crippen LogP contribution in [0.5, 0.6) is 11.8 Å². The molecule has 3 unspecified atom stereocenters. The van der Waals surface area contributed by atoms with Crippen LogP contribution >= 0.6 is 22.9 Å². The van der Waals surface area contributed by atoms with Crippen molar-refractivity contribution in [2.24, 2.45) is 0 Å². The average molecular weight is 619 g/mol. The first kappa shape index (κ1) is 28.0. The Kier molecular flexibility index (Phi) is 7.27. The average Bonchev–Trinajstić information content (AvgIpc) is 3.66. The van der Waals surface area contributed by atoms with Gasteiger partial charge in [0, 0.05) is 83.7 Å². The maximum Gasteiger partial charge on any atom is 0.283 e. The minimum atomic E-state index is -3.92. The highest BCUT2D eigenvalue weighted by Gasteiger charge is 2.39. The lowest BCUT2D eigenvalue weighted by Crippen LogP contribution is -2.56. The normalized spacial score (nSPS) is 21.8. The summed E-state index contributed by atoms with van der Waals surface area (Å²) in [6.45, 7) is 5.36. The fourth-order valence-corrected chi connectivity index (χ4v) is 8.33. The van der Waals surface area contributed by atoms with E-state index in [1.807, 2.05) is 0 Å². The van der Waals surface area contributed by atoms with Gasteiger partial charge in [0.15, 0.2) is 16.8 Å². The first-order chi connectivity index (χ1) is 19.5. The Labute approximate surface area is 246 Å². The lowest BCUT2D eigenvalue weighted by molar-refractivity contribution is 0.0541. The Morgan fingerprint density at radius 2 is 1.90 bits per heavy atom. The van der Waals surface area contributed by atoms with Gasteiger partial charge < -0.3 is 25.4 Å². The second kappa shape index (κ2) is 10.6. The molecule has 0 spiro atoms. The third-order valence-electron chi connectivity index (χ3n) is 8.18. The number of carbonyl (C=O) groups is 1. The van der Waals surface area contributed by atoms with Crippen LogP contribution < -0.4 is 5.32 Å². The highest BCUT2D eigenvalue weighted by molar-refractivity contribution is 7.89. The molecule has 218 valence electrons. The van der Waals surface area contributed by atoms with E-state index in [4.69, 9.17) is 16.6 Å². The molecule has 0 aliphatic carbocycles. The van der Waals surface area contributed by atoms with E-state index in [1.54, 1.807) is 29.2 Å². The molecule has 2 aliphatic heterocycles. The number of nitrogens with zero attached hydrogens (tertiary/aromatic N) is 4. The van der Waals surface area contributed by atoms with E-state index in [0.29, 0.717) is 33.9 Å². The number of aromatic nitrogens is 3. The van der Waals surface area contributed by atoms with Crippen LogP contribution in [0.2, 0.25) is 5.02 Å². The number of aromatic hydroxyl groups is 2. The number of fused-ring (bicyclic) bond motifs is 2. The first-order valence-corrected chi connectivity index (χ1v) is 16.1. The smallest absolute Gasteiger partial charge is 0.283 e. The van der Waals surface area contributed by atoms with Crippen molar-refractivity contribution in [3.8, 4) is 11.8 Å². The minimum absolute atomic E-state index is 0.0487. The zero-order chi connectivity index (χ0) is 29.1. The molecule has 11 nitrogen and oxygen atoms in total. The molecular weight excluding hydrogens is 588 g/mol. The highest BCUT2D eigenvalue weighted by atomic mass is 35.5. The molecule has 3 aromatic heterocycles. The van der Waals surface area contributed by atoms with E-state index in [9.17, 15) is 23.4 Å². The maximum absolute atomic E-state index is 13.8. The van der Waals surface area contributed by atoms with Crippen LogP contribution in [0.15, 0.2) is 41.4 Å². The third kappa shape index (κ3) is 5.10. The summed E-state index contributed by atoms with van der Waals surface area (Å²) in [5, 5.41) is 25.4. The molecule has 41 heavy (non-hydrogen) atoms. The van der Waals surface area contributed by atoms with E-state index in [1.165, 1.54) is 32.3 Å². The fourth-order valence-electron chi connectivity index (χ4n) is 5.60. The topological polar surface area (TPSA) is 144 Å². The van der Waals surface area contributed by atoms with Gasteiger partial charge in [-0.1, -0.05) is 18.5 Å². The lowest BCUT2D eigenvalue weighted by Gasteiger charge is -2.40. The van der Waals surface area contributed by atoms with Crippen LogP contribution in [0.25, 0.3) is 10.9 Å². The Balaban J connectivity index is 1.28. The van der Waals surface area contributed by atoms with E-state index in [0.717, 1.165) is 10.6 Å². The second-order valence-electron chi connectivity index (χ2n) is 10.7. The molecular formula is C27H31ClN6O5S2. The third-order valence-corrected chi connectivity index (χ3v) is 11.3. The highest BCUT2D eigenvalue weighted by Crippen LogP contribution is 2.33. The lowest BCUT2D eigenvalue weighted by atomic mass is 9.95. The standard InChI is InChI=1S/C27H31ClN6O5S2/c1-15-16(2)29-13-21-25(15)31-26(40-21)27(37)33-10-9-32(14-19(33)7-8-34-23(35)5-6-24(34)36)41(38,39)22-12-17-11-18(28)3-4-20(17)30-22/h3-6,11-12,15-16,19,29-30,35-36H,7-10,13-14H2,1-2H3. The monoisotopic (exact) mass is 618 g/mol. The summed E-state index contributed by atoms with van der Waals surface area (Å²) in [7, 11) is -3.92. The van der Waals surface area contributed by atoms with Crippen molar-refractivity contribution in [2.75, 3.05) is 19.6 Å². The van der Waals surface area contributed by atoms with E-state index >= 15 is 0 Å². The number of rotatable bonds is 6. The van der Waals surface area contributed by atoms with Gasteiger partial charge in [-0.15, -0.1) is 11.3 Å². The van der Waals surface area contributed by atoms with Crippen LogP contribution in [-0.2, 0) is 23.1 Å². The molecule has 6 rings (SSSR count). The van der Waals surface area contributed by atoms with Gasteiger partial charge in [0.2, 0.25) is 0 Å². The van der Waals surface area contributed by atoms with Gasteiger partial charge in [0.05, 0.1) is 5.69 Å². The van der Waals surface area contributed by atoms with E-state index in [-0.39, 0.29) is 60.8 Å². The molecule has 4 N–H and O–H groups in total. The van der Waals surface area contributed by atoms with Crippen molar-refractivity contribution in [3.63, 3.8) is 0 Å². The van der Waals surface area contributed by atoms with Crippen molar-refractivity contribution >= 4 is 49.8 Å². The van der Waals surface area contributed by atoms with Gasteiger partial charge in [-0.2, -0.15) is 4.31 Å². The van der Waals surface area contributed by atoms with Gasteiger partial charge in [-0.05, 0) is 37.6 Å². The molecule has 0 saturated carbocycles. The summed E-state index contributed by atoms with van der Waals surface area (Å²) in [4.78, 5) is 24.3. The first-order valence-electron chi connectivity index (χ1n) is 13.4. The van der Waals surface area contributed by atoms with Crippen molar-refractivity contribution in [2.45, 2.75) is 56.4 Å². The number of piperazine rings is 1. The molecule has 1 aromatic carbocycles. The molecule has 1 amide bonds. The minimum Gasteiger partial charge on any atom is -0.494 e. The van der Waals surface area contributed by atoms with Crippen molar-refractivity contribution in [3.05, 3.63) is 57.0 Å². The van der Waals surface area contributed by atoms with E-state index in [2.05, 4.69) is 24.1 Å². The van der Waals surface area contributed by atoms with Gasteiger partial charge in [0.1, 0.15) is 5.03 Å². The van der Waals surface area contributed by atoms with Crippen molar-refractivity contribution in [1.82, 2.24) is 29.1 Å². The van der Waals surface area contributed by atoms with Crippen LogP contribution in [0.3, 0.4) is 0 Å². The number of thiazole rings is 1. The maximum atomic E-state index is 13.8. The number of halogens is 1. The second-order valence-corrected chi connectivity index (χ2v) is 14.1. The van der Waals surface area contributed by atoms with Crippen molar-refractivity contribution in [1.29, 1.82) is 0 Å². The number of H-pyrrole nitrogens is 1. The summed E-state index contributed by atoms with van der Waals surface area (Å²) in [6, 6.07) is 9.18. The van der Waals surface area contributed by atoms with Crippen LogP contribution in [0.4, 0.5) is 0 Å². The number of hydrogen-bond acceptors (Lipinski definition) is 8. The van der Waals surface area contributed by atoms with Crippen LogP contribution in [0.1, 0.15) is 46.6 Å². The predicted octanol–water partition coefficient (Wildman–Crippen LogP) is 3.69. The summed E-state index contributed by atoms with van der Waals surface area (Å²) in [5.74, 6) is -0.297. The van der Waals surface area contributed by atoms with Gasteiger partial charge >= 0.3 is 0 Å². The molecule has 0 bridgehead atoms. The SMILES string of the molecule is CC1NCc2sc(C(=O)N3CCN(S(=O)(=O)c4cc5cc(Cl)ccc5[nH]4)CC3CCn3c(O)ccc3O)nc2C1C. The molecule has 5 heterocycles. The summed E-state index contributed by atoms with van der Waals surface area (Å²) < 4.78 is 30.2. The number of carbonyl (C=O) groups excluding carboxylic acids is 1. The molecule has 14 heteroatoms. The Hall–Kier alpha value is -3.10. The summed E-state index contributed by atoms with van der Waals surface area (Å²) in [5.41, 5.74) is 1.59. The zero-order valence-corrected chi connectivity index (χ0v) is 24.9. The van der Waals surface area contributed by atoms with Gasteiger partial charge in [-0.25, -0.2) is 13.4 Å². The number of nitrogens with one attached hydrogen (secondary N) is 2. The number of hydrogen-bond donors (Lipinski definition) is 4. The quantitative estimate of drug-likeness (QED) is 0.258. The number of benzene rings is 1. The number of amides is 1. The fraction of sp³-hybridized carbons (Fsp3) is 0.407. The molecule has 1 saturated heterocycles. The molecule has 3 atom stereocenters. The predicted molar refractivity (Wildman–Crippen MR) is 156 cm³/mol. The molecule has 1 fully saturated rings. The molecule has 4 aromatic rings. The Morgan fingerprint density at radius 3 is 2.66 bits per heavy atom.